The van der Waals surface area contributed by atoms with Crippen molar-refractivity contribution in [1.82, 2.24) is 9.88 Å². The Balaban J connectivity index is 1.58. The van der Waals surface area contributed by atoms with Crippen LogP contribution in [0.4, 0.5) is 33.5 Å². The second-order valence-electron chi connectivity index (χ2n) is 9.33. The first-order valence-electron chi connectivity index (χ1n) is 12.0. The Kier molecular flexibility index (Phi) is 8.04. The lowest BCUT2D eigenvalue weighted by atomic mass is 10.1. The molecular weight excluding hydrogens is 503 g/mol. The Morgan fingerprint density at radius 3 is 2.64 bits per heavy atom. The monoisotopic (exact) mass is 530 g/mol. The molecule has 0 spiro atoms. The highest BCUT2D eigenvalue weighted by molar-refractivity contribution is 6.31. The number of aromatic nitrogens is 1. The molecule has 196 valence electrons. The summed E-state index contributed by atoms with van der Waals surface area (Å²) in [6, 6.07) is 5.22. The molecule has 1 aromatic carbocycles. The topological polar surface area (TPSA) is 39.7 Å². The van der Waals surface area contributed by atoms with E-state index in [-0.39, 0.29) is 29.0 Å². The molecule has 0 N–H and O–H groups in total. The molecule has 4 rings (SSSR count). The highest BCUT2D eigenvalue weighted by atomic mass is 35.5. The summed E-state index contributed by atoms with van der Waals surface area (Å²) >= 11 is 5.99. The van der Waals surface area contributed by atoms with Crippen molar-refractivity contribution in [1.29, 1.82) is 0 Å². The van der Waals surface area contributed by atoms with E-state index in [1.54, 1.807) is 4.90 Å². The Morgan fingerprint density at radius 1 is 1.19 bits per heavy atom. The summed E-state index contributed by atoms with van der Waals surface area (Å²) in [6.45, 7) is 3.73. The lowest BCUT2D eigenvalue weighted by molar-refractivity contribution is -0.137. The van der Waals surface area contributed by atoms with E-state index >= 15 is 0 Å². The fourth-order valence-corrected chi connectivity index (χ4v) is 5.07. The molecule has 0 unspecified atom stereocenters. The number of likely N-dealkylation sites (tertiary alicyclic amines) is 1. The minimum absolute atomic E-state index is 0.0984. The third-order valence-corrected chi connectivity index (χ3v) is 6.94. The number of hydrogen-bond donors (Lipinski definition) is 0. The second kappa shape index (κ2) is 10.9. The number of carbonyl (C=O) groups excluding carboxylic acids is 1. The van der Waals surface area contributed by atoms with Gasteiger partial charge in [0, 0.05) is 37.6 Å². The second-order valence-corrected chi connectivity index (χ2v) is 9.74. The molecule has 0 aliphatic carbocycles. The van der Waals surface area contributed by atoms with Gasteiger partial charge in [0.25, 0.3) is 0 Å². The predicted octanol–water partition coefficient (Wildman–Crippen LogP) is 5.64. The molecule has 0 saturated carbocycles. The first kappa shape index (κ1) is 26.6. The molecule has 3 heterocycles. The zero-order valence-corrected chi connectivity index (χ0v) is 20.6. The van der Waals surface area contributed by atoms with Gasteiger partial charge in [-0.2, -0.15) is 13.2 Å². The van der Waals surface area contributed by atoms with Gasteiger partial charge in [0.05, 0.1) is 10.6 Å². The summed E-state index contributed by atoms with van der Waals surface area (Å²) in [5.41, 5.74) is -0.213. The molecule has 1 amide bonds. The third-order valence-electron chi connectivity index (χ3n) is 6.65. The number of halogens is 6. The van der Waals surface area contributed by atoms with Crippen molar-refractivity contribution in [3.63, 3.8) is 0 Å². The maximum absolute atomic E-state index is 13.8. The summed E-state index contributed by atoms with van der Waals surface area (Å²) in [5, 5.41) is -0.136. The fourth-order valence-electron chi connectivity index (χ4n) is 4.90. The minimum atomic E-state index is -4.53. The molecule has 2 atom stereocenters. The van der Waals surface area contributed by atoms with E-state index in [1.807, 2.05) is 4.90 Å². The van der Waals surface area contributed by atoms with Crippen LogP contribution in [-0.2, 0) is 11.0 Å². The maximum atomic E-state index is 13.8. The van der Waals surface area contributed by atoms with Gasteiger partial charge in [-0.1, -0.05) is 11.6 Å². The van der Waals surface area contributed by atoms with Gasteiger partial charge in [0.2, 0.25) is 5.91 Å². The van der Waals surface area contributed by atoms with Gasteiger partial charge in [0.1, 0.15) is 23.8 Å². The SMILES string of the molecule is Cc1cc(C(F)(F)F)cc(N2CCC[C@H]2C(=O)N(CCCN2CC[C@H](F)C2)c2ccc(F)c(Cl)c2)n1. The molecule has 2 fully saturated rings. The third kappa shape index (κ3) is 6.08. The Labute approximate surface area is 211 Å². The molecule has 1 aromatic heterocycles. The summed E-state index contributed by atoms with van der Waals surface area (Å²) in [4.78, 5) is 23.2. The highest BCUT2D eigenvalue weighted by Crippen LogP contribution is 2.34. The Morgan fingerprint density at radius 2 is 1.97 bits per heavy atom. The number of aryl methyl sites for hydroxylation is 1. The van der Waals surface area contributed by atoms with Crippen molar-refractivity contribution in [3.8, 4) is 0 Å². The standard InChI is InChI=1S/C25H28ClF5N4O/c1-16-12-17(25(29,30)31)13-23(32-16)35-9-2-4-22(35)24(36)34(19-5-6-21(28)20(26)14-19)10-3-8-33-11-7-18(27)15-33/h5-6,12-14,18,22H,2-4,7-11,15H2,1H3/t18-,22-/m0/s1. The van der Waals surface area contributed by atoms with Gasteiger partial charge in [-0.15, -0.1) is 0 Å². The zero-order valence-electron chi connectivity index (χ0n) is 19.9. The van der Waals surface area contributed by atoms with Gasteiger partial charge in [-0.25, -0.2) is 13.8 Å². The van der Waals surface area contributed by atoms with Gasteiger partial charge in [0.15, 0.2) is 0 Å². The molecule has 5 nitrogen and oxygen atoms in total. The van der Waals surface area contributed by atoms with Crippen LogP contribution in [0.2, 0.25) is 5.02 Å². The fraction of sp³-hybridized carbons (Fsp3) is 0.520. The van der Waals surface area contributed by atoms with Crippen molar-refractivity contribution >= 4 is 29.0 Å². The van der Waals surface area contributed by atoms with Crippen molar-refractivity contribution in [2.45, 2.75) is 51.0 Å². The van der Waals surface area contributed by atoms with Crippen LogP contribution >= 0.6 is 11.6 Å². The molecular formula is C25H28ClF5N4O. The van der Waals surface area contributed by atoms with E-state index in [4.69, 9.17) is 11.6 Å². The quantitative estimate of drug-likeness (QED) is 0.435. The summed E-state index contributed by atoms with van der Waals surface area (Å²) in [5.74, 6) is -0.844. The summed E-state index contributed by atoms with van der Waals surface area (Å²) in [7, 11) is 0. The van der Waals surface area contributed by atoms with E-state index in [0.717, 1.165) is 12.1 Å². The molecule has 2 aromatic rings. The highest BCUT2D eigenvalue weighted by Gasteiger charge is 2.37. The van der Waals surface area contributed by atoms with Crippen LogP contribution in [-0.4, -0.2) is 60.7 Å². The minimum Gasteiger partial charge on any atom is -0.345 e. The van der Waals surface area contributed by atoms with Crippen LogP contribution in [0.5, 0.6) is 0 Å². The van der Waals surface area contributed by atoms with Crippen LogP contribution < -0.4 is 9.80 Å². The van der Waals surface area contributed by atoms with Crippen molar-refractivity contribution in [2.24, 2.45) is 0 Å². The van der Waals surface area contributed by atoms with Crippen molar-refractivity contribution in [2.75, 3.05) is 42.5 Å². The van der Waals surface area contributed by atoms with Crippen LogP contribution in [0.1, 0.15) is 36.9 Å². The van der Waals surface area contributed by atoms with E-state index < -0.39 is 29.8 Å². The molecule has 11 heteroatoms. The van der Waals surface area contributed by atoms with Crippen LogP contribution in [0.25, 0.3) is 0 Å². The summed E-state index contributed by atoms with van der Waals surface area (Å²) in [6.07, 6.45) is -3.31. The number of amides is 1. The number of pyridine rings is 1. The van der Waals surface area contributed by atoms with Gasteiger partial charge >= 0.3 is 6.18 Å². The Bertz CT molecular complexity index is 1100. The lowest BCUT2D eigenvalue weighted by Gasteiger charge is -2.32. The number of anilines is 2. The van der Waals surface area contributed by atoms with Crippen LogP contribution in [0.15, 0.2) is 30.3 Å². The number of alkyl halides is 4. The van der Waals surface area contributed by atoms with E-state index in [1.165, 1.54) is 30.0 Å². The normalized spacial score (nSPS) is 20.8. The van der Waals surface area contributed by atoms with Crippen LogP contribution in [0.3, 0.4) is 0 Å². The molecule has 2 saturated heterocycles. The Hall–Kier alpha value is -2.46. The number of benzene rings is 1. The van der Waals surface area contributed by atoms with Gasteiger partial charge < -0.3 is 14.7 Å². The maximum Gasteiger partial charge on any atom is 0.416 e. The van der Waals surface area contributed by atoms with E-state index in [9.17, 15) is 26.7 Å². The molecule has 36 heavy (non-hydrogen) atoms. The molecule has 2 aliphatic heterocycles. The van der Waals surface area contributed by atoms with Crippen LogP contribution in [0, 0.1) is 12.7 Å². The van der Waals surface area contributed by atoms with Gasteiger partial charge in [-0.05, 0) is 69.5 Å². The first-order valence-corrected chi connectivity index (χ1v) is 12.4. The van der Waals surface area contributed by atoms with E-state index in [0.29, 0.717) is 57.5 Å². The smallest absolute Gasteiger partial charge is 0.345 e. The number of rotatable bonds is 7. The van der Waals surface area contributed by atoms with Crippen molar-refractivity contribution in [3.05, 3.63) is 52.4 Å². The lowest BCUT2D eigenvalue weighted by Crippen LogP contribution is -2.47. The largest absolute Gasteiger partial charge is 0.416 e. The predicted molar refractivity (Wildman–Crippen MR) is 129 cm³/mol. The first-order chi connectivity index (χ1) is 17.0. The molecule has 0 bridgehead atoms. The molecule has 0 radical (unpaired) electrons. The number of carbonyl (C=O) groups is 1. The van der Waals surface area contributed by atoms with Gasteiger partial charge in [-0.3, -0.25) is 4.79 Å². The van der Waals surface area contributed by atoms with Crippen molar-refractivity contribution < 1.29 is 26.7 Å². The molecule has 2 aliphatic rings. The average molecular weight is 531 g/mol. The average Bonchev–Trinajstić information content (AvgIpc) is 3.46. The zero-order chi connectivity index (χ0) is 26.0. The van der Waals surface area contributed by atoms with E-state index in [2.05, 4.69) is 4.98 Å². The summed E-state index contributed by atoms with van der Waals surface area (Å²) < 4.78 is 67.6. The number of hydrogen-bond acceptors (Lipinski definition) is 4. The number of nitrogens with zero attached hydrogens (tertiary/aromatic N) is 4.